The van der Waals surface area contributed by atoms with Crippen LogP contribution in [0, 0.1) is 5.41 Å². The van der Waals surface area contributed by atoms with Crippen LogP contribution in [0.25, 0.3) is 0 Å². The van der Waals surface area contributed by atoms with Crippen molar-refractivity contribution >= 4 is 5.97 Å². The highest BCUT2D eigenvalue weighted by molar-refractivity contribution is 5.76. The molecule has 0 N–H and O–H groups in total. The van der Waals surface area contributed by atoms with E-state index < -0.39 is 5.41 Å². The third-order valence-electron chi connectivity index (χ3n) is 1.77. The monoisotopic (exact) mass is 190 g/mol. The van der Waals surface area contributed by atoms with Crippen LogP contribution >= 0.6 is 0 Å². The van der Waals surface area contributed by atoms with Gasteiger partial charge in [0.1, 0.15) is 5.41 Å². The Morgan fingerprint density at radius 2 is 1.92 bits per heavy atom. The van der Waals surface area contributed by atoms with Crippen LogP contribution in [0.15, 0.2) is 0 Å². The molecule has 0 saturated carbocycles. The number of carbonyl (C=O) groups is 1. The summed E-state index contributed by atoms with van der Waals surface area (Å²) in [4.78, 5) is 11.3. The van der Waals surface area contributed by atoms with Gasteiger partial charge in [-0.3, -0.25) is 4.79 Å². The fourth-order valence-electron chi connectivity index (χ4n) is 1.05. The summed E-state index contributed by atoms with van der Waals surface area (Å²) in [5, 5.41) is 0. The molecule has 78 valence electrons. The summed E-state index contributed by atoms with van der Waals surface area (Å²) in [6.45, 7) is 4.85. The van der Waals surface area contributed by atoms with Gasteiger partial charge in [0.25, 0.3) is 0 Å². The first kappa shape index (κ1) is 12.4. The average molecular weight is 190 g/mol. The van der Waals surface area contributed by atoms with Gasteiger partial charge in [-0.2, -0.15) is 0 Å². The Morgan fingerprint density at radius 3 is 2.31 bits per heavy atom. The first-order valence-corrected chi connectivity index (χ1v) is 4.25. The number of methoxy groups -OCH3 is 2. The zero-order valence-corrected chi connectivity index (χ0v) is 8.75. The van der Waals surface area contributed by atoms with Crippen molar-refractivity contribution in [1.82, 2.24) is 0 Å². The van der Waals surface area contributed by atoms with Gasteiger partial charge < -0.3 is 14.2 Å². The highest BCUT2D eigenvalue weighted by Crippen LogP contribution is 2.19. The van der Waals surface area contributed by atoms with E-state index in [1.165, 1.54) is 7.11 Å². The van der Waals surface area contributed by atoms with E-state index in [1.54, 1.807) is 14.0 Å². The lowest BCUT2D eigenvalue weighted by Gasteiger charge is -2.24. The molecule has 0 bridgehead atoms. The van der Waals surface area contributed by atoms with Gasteiger partial charge in [0.15, 0.2) is 0 Å². The third kappa shape index (κ3) is 3.74. The van der Waals surface area contributed by atoms with E-state index in [9.17, 15) is 4.79 Å². The predicted molar refractivity (Wildman–Crippen MR) is 48.5 cm³/mol. The van der Waals surface area contributed by atoms with Gasteiger partial charge in [-0.25, -0.2) is 0 Å². The normalized spacial score (nSPS) is 15.1. The fraction of sp³-hybridized carbons (Fsp3) is 0.889. The Morgan fingerprint density at radius 1 is 1.31 bits per heavy atom. The number of hydrogen-bond donors (Lipinski definition) is 0. The second-order valence-electron chi connectivity index (χ2n) is 3.12. The highest BCUT2D eigenvalue weighted by Gasteiger charge is 2.34. The van der Waals surface area contributed by atoms with Crippen molar-refractivity contribution in [2.75, 3.05) is 34.0 Å². The zero-order chi connectivity index (χ0) is 10.3. The van der Waals surface area contributed by atoms with E-state index in [-0.39, 0.29) is 5.97 Å². The van der Waals surface area contributed by atoms with Crippen molar-refractivity contribution in [3.63, 3.8) is 0 Å². The van der Waals surface area contributed by atoms with Crippen molar-refractivity contribution in [3.05, 3.63) is 0 Å². The predicted octanol–water partition coefficient (Wildman–Crippen LogP) is 0.849. The maximum atomic E-state index is 11.3. The van der Waals surface area contributed by atoms with Crippen molar-refractivity contribution in [2.45, 2.75) is 13.8 Å². The molecule has 0 aliphatic carbocycles. The molecule has 4 heteroatoms. The second-order valence-corrected chi connectivity index (χ2v) is 3.12. The Labute approximate surface area is 79.2 Å². The van der Waals surface area contributed by atoms with Crippen molar-refractivity contribution in [2.24, 2.45) is 5.41 Å². The minimum Gasteiger partial charge on any atom is -0.468 e. The molecule has 0 aliphatic heterocycles. The first-order valence-electron chi connectivity index (χ1n) is 4.25. The summed E-state index contributed by atoms with van der Waals surface area (Å²) in [5.41, 5.74) is -0.695. The minimum absolute atomic E-state index is 0.303. The van der Waals surface area contributed by atoms with E-state index in [4.69, 9.17) is 9.47 Å². The molecule has 0 saturated heterocycles. The average Bonchev–Trinajstić information content (AvgIpc) is 2.14. The van der Waals surface area contributed by atoms with Crippen LogP contribution < -0.4 is 0 Å². The quantitative estimate of drug-likeness (QED) is 0.582. The molecule has 0 aliphatic rings. The Bertz CT molecular complexity index is 158. The van der Waals surface area contributed by atoms with Crippen LogP contribution in [-0.4, -0.2) is 40.0 Å². The van der Waals surface area contributed by atoms with Gasteiger partial charge in [0.05, 0.1) is 20.3 Å². The zero-order valence-electron chi connectivity index (χ0n) is 8.75. The molecule has 0 spiro atoms. The van der Waals surface area contributed by atoms with Crippen LogP contribution in [0.5, 0.6) is 0 Å². The summed E-state index contributed by atoms with van der Waals surface area (Å²) in [6, 6.07) is 0. The van der Waals surface area contributed by atoms with Crippen LogP contribution in [0.2, 0.25) is 0 Å². The lowest BCUT2D eigenvalue weighted by molar-refractivity contribution is -0.159. The number of ether oxygens (including phenoxy) is 3. The van der Waals surface area contributed by atoms with E-state index in [2.05, 4.69) is 4.74 Å². The molecule has 1 unspecified atom stereocenters. The van der Waals surface area contributed by atoms with E-state index in [1.807, 2.05) is 6.92 Å². The third-order valence-corrected chi connectivity index (χ3v) is 1.77. The Hall–Kier alpha value is -0.610. The van der Waals surface area contributed by atoms with Gasteiger partial charge in [0.2, 0.25) is 0 Å². The molecule has 0 amide bonds. The Balaban J connectivity index is 4.23. The fourth-order valence-corrected chi connectivity index (χ4v) is 1.05. The molecule has 0 heterocycles. The molecule has 4 nitrogen and oxygen atoms in total. The second kappa shape index (κ2) is 5.94. The number of esters is 1. The van der Waals surface area contributed by atoms with Crippen LogP contribution in [0.1, 0.15) is 13.8 Å². The van der Waals surface area contributed by atoms with Crippen LogP contribution in [-0.2, 0) is 19.0 Å². The van der Waals surface area contributed by atoms with Crippen molar-refractivity contribution < 1.29 is 19.0 Å². The molecule has 0 radical (unpaired) electrons. The van der Waals surface area contributed by atoms with E-state index >= 15 is 0 Å². The lowest BCUT2D eigenvalue weighted by atomic mass is 9.93. The van der Waals surface area contributed by atoms with Gasteiger partial charge in [0, 0.05) is 13.7 Å². The van der Waals surface area contributed by atoms with Crippen LogP contribution in [0.3, 0.4) is 0 Å². The van der Waals surface area contributed by atoms with Crippen molar-refractivity contribution in [1.29, 1.82) is 0 Å². The lowest BCUT2D eigenvalue weighted by Crippen LogP contribution is -2.38. The molecular formula is C9H18O4. The molecular weight excluding hydrogens is 172 g/mol. The number of rotatable bonds is 6. The van der Waals surface area contributed by atoms with Gasteiger partial charge in [-0.15, -0.1) is 0 Å². The van der Waals surface area contributed by atoms with Crippen LogP contribution in [0.4, 0.5) is 0 Å². The maximum absolute atomic E-state index is 11.3. The van der Waals surface area contributed by atoms with Gasteiger partial charge >= 0.3 is 5.97 Å². The molecule has 0 aromatic carbocycles. The summed E-state index contributed by atoms with van der Waals surface area (Å²) < 4.78 is 14.8. The van der Waals surface area contributed by atoms with E-state index in [0.29, 0.717) is 19.8 Å². The SMILES string of the molecule is CCOCC(C)(COC)C(=O)OC. The minimum atomic E-state index is -0.695. The summed E-state index contributed by atoms with van der Waals surface area (Å²) in [5.74, 6) is -0.303. The molecule has 0 aromatic rings. The molecule has 13 heavy (non-hydrogen) atoms. The highest BCUT2D eigenvalue weighted by atomic mass is 16.5. The number of carbonyl (C=O) groups excluding carboxylic acids is 1. The molecule has 0 aromatic heterocycles. The molecule has 1 atom stereocenters. The molecule has 0 fully saturated rings. The topological polar surface area (TPSA) is 44.8 Å². The first-order chi connectivity index (χ1) is 6.10. The standard InChI is InChI=1S/C9H18O4/c1-5-13-7-9(2,6-11-3)8(10)12-4/h5-7H2,1-4H3. The largest absolute Gasteiger partial charge is 0.468 e. The van der Waals surface area contributed by atoms with E-state index in [0.717, 1.165) is 0 Å². The summed E-state index contributed by atoms with van der Waals surface area (Å²) >= 11 is 0. The maximum Gasteiger partial charge on any atom is 0.316 e. The summed E-state index contributed by atoms with van der Waals surface area (Å²) in [6.07, 6.45) is 0. The Kier molecular flexibility index (Phi) is 5.66. The van der Waals surface area contributed by atoms with Gasteiger partial charge in [-0.1, -0.05) is 0 Å². The van der Waals surface area contributed by atoms with Crippen molar-refractivity contribution in [3.8, 4) is 0 Å². The number of hydrogen-bond acceptors (Lipinski definition) is 4. The van der Waals surface area contributed by atoms with Gasteiger partial charge in [-0.05, 0) is 13.8 Å². The molecule has 0 rings (SSSR count). The summed E-state index contributed by atoms with van der Waals surface area (Å²) in [7, 11) is 2.91. The smallest absolute Gasteiger partial charge is 0.316 e.